The Balaban J connectivity index is 1.79. The molecule has 0 aromatic carbocycles. The van der Waals surface area contributed by atoms with Crippen molar-refractivity contribution in [2.24, 2.45) is 0 Å². The first kappa shape index (κ1) is 13.5. The number of hydrogen-bond acceptors (Lipinski definition) is 3. The number of nitrogens with zero attached hydrogens (tertiary/aromatic N) is 1. The van der Waals surface area contributed by atoms with Gasteiger partial charge in [0, 0.05) is 38.2 Å². The van der Waals surface area contributed by atoms with Crippen LogP contribution in [-0.4, -0.2) is 36.0 Å². The molecule has 0 bridgehead atoms. The molecule has 6 heteroatoms. The largest absolute Gasteiger partial charge is 0.472 e. The highest BCUT2D eigenvalue weighted by Crippen LogP contribution is 2.10. The molecule has 2 N–H and O–H groups in total. The summed E-state index contributed by atoms with van der Waals surface area (Å²) in [7, 11) is 0. The fraction of sp³-hybridized carbons (Fsp3) is 0.538. The Morgan fingerprint density at radius 1 is 1.53 bits per heavy atom. The second kappa shape index (κ2) is 6.26. The molecule has 1 aliphatic heterocycles. The van der Waals surface area contributed by atoms with Crippen molar-refractivity contribution in [2.75, 3.05) is 13.1 Å². The molecule has 2 rings (SSSR count). The van der Waals surface area contributed by atoms with Crippen LogP contribution in [0.4, 0.5) is 4.79 Å². The lowest BCUT2D eigenvalue weighted by Gasteiger charge is -2.32. The Hall–Kier alpha value is -1.98. The summed E-state index contributed by atoms with van der Waals surface area (Å²) < 4.78 is 4.94. The molecule has 0 saturated carbocycles. The minimum absolute atomic E-state index is 0.0503. The van der Waals surface area contributed by atoms with Crippen LogP contribution in [0.15, 0.2) is 23.0 Å². The molecule has 1 aliphatic rings. The van der Waals surface area contributed by atoms with E-state index < -0.39 is 0 Å². The average Bonchev–Trinajstić information content (AvgIpc) is 2.88. The average molecular weight is 265 g/mol. The van der Waals surface area contributed by atoms with Crippen molar-refractivity contribution >= 4 is 11.9 Å². The number of furan rings is 1. The van der Waals surface area contributed by atoms with E-state index in [-0.39, 0.29) is 18.0 Å². The van der Waals surface area contributed by atoms with Crippen LogP contribution in [0.2, 0.25) is 0 Å². The monoisotopic (exact) mass is 265 g/mol. The van der Waals surface area contributed by atoms with Crippen molar-refractivity contribution in [1.29, 1.82) is 0 Å². The van der Waals surface area contributed by atoms with E-state index in [0.717, 1.165) is 24.9 Å². The Morgan fingerprint density at radius 2 is 2.37 bits per heavy atom. The molecule has 0 spiro atoms. The summed E-state index contributed by atoms with van der Waals surface area (Å²) in [5.74, 6) is -0.0503. The van der Waals surface area contributed by atoms with E-state index in [1.54, 1.807) is 17.4 Å². The van der Waals surface area contributed by atoms with E-state index in [0.29, 0.717) is 13.1 Å². The van der Waals surface area contributed by atoms with Crippen LogP contribution >= 0.6 is 0 Å². The number of amides is 3. The maximum Gasteiger partial charge on any atom is 0.317 e. The van der Waals surface area contributed by atoms with Gasteiger partial charge in [0.25, 0.3) is 0 Å². The van der Waals surface area contributed by atoms with Gasteiger partial charge < -0.3 is 20.0 Å². The number of rotatable bonds is 3. The number of piperidine rings is 1. The Kier molecular flexibility index (Phi) is 4.43. The van der Waals surface area contributed by atoms with Crippen LogP contribution in [0.25, 0.3) is 0 Å². The summed E-state index contributed by atoms with van der Waals surface area (Å²) in [6.07, 6.45) is 5.01. The fourth-order valence-electron chi connectivity index (χ4n) is 2.25. The van der Waals surface area contributed by atoms with Crippen molar-refractivity contribution < 1.29 is 14.0 Å². The Labute approximate surface area is 112 Å². The third-order valence-electron chi connectivity index (χ3n) is 3.14. The molecule has 104 valence electrons. The number of carbonyl (C=O) groups is 2. The van der Waals surface area contributed by atoms with Crippen LogP contribution in [0, 0.1) is 0 Å². The molecule has 1 atom stereocenters. The summed E-state index contributed by atoms with van der Waals surface area (Å²) in [6.45, 7) is 3.25. The van der Waals surface area contributed by atoms with Crippen LogP contribution in [0.3, 0.4) is 0 Å². The molecular formula is C13H19N3O3. The second-order valence-corrected chi connectivity index (χ2v) is 4.78. The van der Waals surface area contributed by atoms with Crippen molar-refractivity contribution in [1.82, 2.24) is 15.5 Å². The molecule has 19 heavy (non-hydrogen) atoms. The van der Waals surface area contributed by atoms with Crippen LogP contribution in [0.1, 0.15) is 25.3 Å². The molecule has 1 fully saturated rings. The molecule has 6 nitrogen and oxygen atoms in total. The van der Waals surface area contributed by atoms with Gasteiger partial charge in [0.1, 0.15) is 0 Å². The topological polar surface area (TPSA) is 74.6 Å². The van der Waals surface area contributed by atoms with E-state index in [1.165, 1.54) is 6.92 Å². The predicted octanol–water partition coefficient (Wildman–Crippen LogP) is 1.09. The number of urea groups is 1. The Morgan fingerprint density at radius 3 is 3.05 bits per heavy atom. The smallest absolute Gasteiger partial charge is 0.317 e. The van der Waals surface area contributed by atoms with Crippen LogP contribution in [-0.2, 0) is 11.3 Å². The lowest BCUT2D eigenvalue weighted by Crippen LogP contribution is -2.51. The molecule has 0 radical (unpaired) electrons. The third kappa shape index (κ3) is 4.01. The summed E-state index contributed by atoms with van der Waals surface area (Å²) in [5, 5.41) is 5.70. The minimum Gasteiger partial charge on any atom is -0.472 e. The minimum atomic E-state index is -0.101. The lowest BCUT2D eigenvalue weighted by molar-refractivity contribution is -0.119. The van der Waals surface area contributed by atoms with E-state index in [9.17, 15) is 9.59 Å². The van der Waals surface area contributed by atoms with E-state index in [4.69, 9.17) is 4.42 Å². The first-order valence-corrected chi connectivity index (χ1v) is 6.46. The van der Waals surface area contributed by atoms with Crippen molar-refractivity contribution in [3.05, 3.63) is 24.2 Å². The van der Waals surface area contributed by atoms with Gasteiger partial charge in [-0.1, -0.05) is 0 Å². The van der Waals surface area contributed by atoms with Gasteiger partial charge in [0.05, 0.1) is 12.5 Å². The van der Waals surface area contributed by atoms with E-state index in [1.807, 2.05) is 6.07 Å². The summed E-state index contributed by atoms with van der Waals surface area (Å²) in [4.78, 5) is 24.8. The predicted molar refractivity (Wildman–Crippen MR) is 69.4 cm³/mol. The molecular weight excluding hydrogens is 246 g/mol. The van der Waals surface area contributed by atoms with Gasteiger partial charge in [0.2, 0.25) is 5.91 Å². The molecule has 3 amide bonds. The fourth-order valence-corrected chi connectivity index (χ4v) is 2.25. The summed E-state index contributed by atoms with van der Waals surface area (Å²) in [5.41, 5.74) is 0.934. The van der Waals surface area contributed by atoms with Gasteiger partial charge >= 0.3 is 6.03 Å². The van der Waals surface area contributed by atoms with Crippen molar-refractivity contribution in [3.8, 4) is 0 Å². The first-order chi connectivity index (χ1) is 9.15. The number of carbonyl (C=O) groups excluding carboxylic acids is 2. The number of hydrogen-bond donors (Lipinski definition) is 2. The molecule has 0 aliphatic carbocycles. The zero-order valence-corrected chi connectivity index (χ0v) is 11.0. The van der Waals surface area contributed by atoms with Gasteiger partial charge in [-0.2, -0.15) is 0 Å². The SMILES string of the molecule is CC(=O)N[C@H]1CCCN(C(=O)NCc2ccoc2)C1. The second-order valence-electron chi connectivity index (χ2n) is 4.78. The summed E-state index contributed by atoms with van der Waals surface area (Å²) >= 11 is 0. The van der Waals surface area contributed by atoms with E-state index in [2.05, 4.69) is 10.6 Å². The molecule has 1 saturated heterocycles. The van der Waals surface area contributed by atoms with Gasteiger partial charge in [-0.05, 0) is 18.9 Å². The third-order valence-corrected chi connectivity index (χ3v) is 3.14. The molecule has 1 aromatic rings. The first-order valence-electron chi connectivity index (χ1n) is 6.46. The molecule has 1 aromatic heterocycles. The zero-order chi connectivity index (χ0) is 13.7. The summed E-state index contributed by atoms with van der Waals surface area (Å²) in [6, 6.07) is 1.78. The highest BCUT2D eigenvalue weighted by Gasteiger charge is 2.23. The highest BCUT2D eigenvalue weighted by molar-refractivity contribution is 5.75. The van der Waals surface area contributed by atoms with E-state index >= 15 is 0 Å². The Bertz CT molecular complexity index is 430. The normalized spacial score (nSPS) is 19.0. The highest BCUT2D eigenvalue weighted by atomic mass is 16.3. The molecule has 2 heterocycles. The zero-order valence-electron chi connectivity index (χ0n) is 11.0. The maximum atomic E-state index is 12.0. The maximum absolute atomic E-state index is 12.0. The van der Waals surface area contributed by atoms with Gasteiger partial charge in [-0.3, -0.25) is 4.79 Å². The standard InChI is InChI=1S/C13H19N3O3/c1-10(17)15-12-3-2-5-16(8-12)13(18)14-7-11-4-6-19-9-11/h4,6,9,12H,2-3,5,7-8H2,1H3,(H,14,18)(H,15,17)/t12-/m0/s1. The van der Waals surface area contributed by atoms with Crippen molar-refractivity contribution in [2.45, 2.75) is 32.4 Å². The molecule has 0 unspecified atom stereocenters. The number of nitrogens with one attached hydrogen (secondary N) is 2. The number of likely N-dealkylation sites (tertiary alicyclic amines) is 1. The van der Waals surface area contributed by atoms with Gasteiger partial charge in [0.15, 0.2) is 0 Å². The van der Waals surface area contributed by atoms with Gasteiger partial charge in [-0.25, -0.2) is 4.79 Å². The van der Waals surface area contributed by atoms with Crippen molar-refractivity contribution in [3.63, 3.8) is 0 Å². The van der Waals surface area contributed by atoms with Crippen LogP contribution in [0.5, 0.6) is 0 Å². The van der Waals surface area contributed by atoms with Gasteiger partial charge in [-0.15, -0.1) is 0 Å². The lowest BCUT2D eigenvalue weighted by atomic mass is 10.1. The van der Waals surface area contributed by atoms with Crippen LogP contribution < -0.4 is 10.6 Å². The quantitative estimate of drug-likeness (QED) is 0.859.